The highest BCUT2D eigenvalue weighted by molar-refractivity contribution is 5.99. The number of nitrogens with one attached hydrogen (secondary N) is 6. The third-order valence-corrected chi connectivity index (χ3v) is 6.90. The maximum Gasteiger partial charge on any atom is 0.305 e. The Hall–Kier alpha value is -4.46. The molecular weight excluding hydrogens is 548 g/mol. The first-order chi connectivity index (χ1) is 19.8. The summed E-state index contributed by atoms with van der Waals surface area (Å²) in [5.41, 5.74) is 1.46. The van der Waals surface area contributed by atoms with Crippen molar-refractivity contribution >= 4 is 46.4 Å². The maximum absolute atomic E-state index is 13.6. The fourth-order valence-electron chi connectivity index (χ4n) is 4.69. The molecule has 1 aromatic heterocycles. The topological polar surface area (TPSA) is 219 Å². The lowest BCUT2D eigenvalue weighted by Crippen LogP contribution is -2.60. The van der Waals surface area contributed by atoms with Gasteiger partial charge in [-0.15, -0.1) is 0 Å². The number of H-pyrrole nitrogens is 1. The number of benzene rings is 1. The molecule has 2 aromatic rings. The van der Waals surface area contributed by atoms with Crippen molar-refractivity contribution in [2.75, 3.05) is 0 Å². The summed E-state index contributed by atoms with van der Waals surface area (Å²) < 4.78 is 0. The number of para-hydroxylation sites is 1. The van der Waals surface area contributed by atoms with E-state index >= 15 is 0 Å². The normalized spacial score (nSPS) is 25.4. The Morgan fingerprint density at radius 2 is 1.40 bits per heavy atom. The Morgan fingerprint density at radius 1 is 0.810 bits per heavy atom. The van der Waals surface area contributed by atoms with Crippen molar-refractivity contribution in [2.45, 2.75) is 83.3 Å². The van der Waals surface area contributed by atoms with E-state index in [1.165, 1.54) is 13.8 Å². The van der Waals surface area contributed by atoms with Crippen molar-refractivity contribution in [1.82, 2.24) is 31.6 Å². The maximum atomic E-state index is 13.6. The summed E-state index contributed by atoms with van der Waals surface area (Å²) in [6, 6.07) is 0.563. The van der Waals surface area contributed by atoms with Gasteiger partial charge in [0.25, 0.3) is 0 Å². The monoisotopic (exact) mass is 586 g/mol. The van der Waals surface area contributed by atoms with Crippen molar-refractivity contribution in [3.63, 3.8) is 0 Å². The van der Waals surface area contributed by atoms with Gasteiger partial charge in [0, 0.05) is 23.5 Å². The minimum absolute atomic E-state index is 0.0297. The summed E-state index contributed by atoms with van der Waals surface area (Å²) in [6.07, 6.45) is -0.352. The molecule has 1 aromatic carbocycles. The van der Waals surface area contributed by atoms with E-state index in [1.54, 1.807) is 6.20 Å². The Morgan fingerprint density at radius 3 is 2.05 bits per heavy atom. The van der Waals surface area contributed by atoms with Crippen molar-refractivity contribution < 1.29 is 39.0 Å². The van der Waals surface area contributed by atoms with Gasteiger partial charge in [-0.1, -0.05) is 32.0 Å². The Kier molecular flexibility index (Phi) is 10.6. The standard InChI is InChI=1S/C28H38N6O8/c1-13(2)9-19-26(40)31-20(10-16-12-29-18-8-6-5-7-17(16)18)27(41)32-21(11-22(36)37)25(39)30-14(3)24(38)34-23(15(4)35)28(42)33-19/h5-8,12-15,19-21,23,29,35H,9-11H2,1-4H3,(H,30,39)(H,31,40)(H,32,41)(H,33,42)(H,34,38)(H,36,37)/t14-,15-,19-,20+,21+,23+/m0/s1. The zero-order chi connectivity index (χ0) is 31.1. The molecule has 42 heavy (non-hydrogen) atoms. The molecule has 1 aliphatic heterocycles. The van der Waals surface area contributed by atoms with Crippen LogP contribution in [0.15, 0.2) is 30.5 Å². The Labute approximate surface area is 242 Å². The van der Waals surface area contributed by atoms with Crippen LogP contribution < -0.4 is 26.6 Å². The van der Waals surface area contributed by atoms with E-state index in [9.17, 15) is 39.0 Å². The number of hydrogen-bond acceptors (Lipinski definition) is 7. The Bertz CT molecular complexity index is 1340. The summed E-state index contributed by atoms with van der Waals surface area (Å²) in [6.45, 7) is 6.24. The molecule has 1 saturated heterocycles. The van der Waals surface area contributed by atoms with E-state index in [2.05, 4.69) is 31.6 Å². The van der Waals surface area contributed by atoms with Crippen LogP contribution in [-0.2, 0) is 35.2 Å². The summed E-state index contributed by atoms with van der Waals surface area (Å²) >= 11 is 0. The fourth-order valence-corrected chi connectivity index (χ4v) is 4.69. The molecule has 0 saturated carbocycles. The molecule has 0 spiro atoms. The predicted octanol–water partition coefficient (Wildman–Crippen LogP) is -0.930. The average molecular weight is 587 g/mol. The predicted molar refractivity (Wildman–Crippen MR) is 151 cm³/mol. The van der Waals surface area contributed by atoms with E-state index in [0.717, 1.165) is 10.9 Å². The summed E-state index contributed by atoms with van der Waals surface area (Å²) in [5, 5.41) is 32.8. The first kappa shape index (κ1) is 32.1. The molecule has 228 valence electrons. The first-order valence-electron chi connectivity index (χ1n) is 13.7. The summed E-state index contributed by atoms with van der Waals surface area (Å²) in [5.74, 6) is -5.66. The van der Waals surface area contributed by atoms with Gasteiger partial charge in [0.05, 0.1) is 12.5 Å². The van der Waals surface area contributed by atoms with Crippen LogP contribution in [0.3, 0.4) is 0 Å². The average Bonchev–Trinajstić information content (AvgIpc) is 3.31. The zero-order valence-electron chi connectivity index (χ0n) is 23.9. The lowest BCUT2D eigenvalue weighted by Gasteiger charge is -2.27. The molecule has 6 atom stereocenters. The lowest BCUT2D eigenvalue weighted by molar-refractivity contribution is -0.141. The smallest absolute Gasteiger partial charge is 0.305 e. The molecule has 0 bridgehead atoms. The van der Waals surface area contributed by atoms with Crippen LogP contribution in [-0.4, -0.2) is 87.0 Å². The number of amides is 5. The molecule has 0 radical (unpaired) electrons. The van der Waals surface area contributed by atoms with Gasteiger partial charge in [-0.3, -0.25) is 28.8 Å². The van der Waals surface area contributed by atoms with Crippen molar-refractivity contribution in [3.8, 4) is 0 Å². The molecule has 1 fully saturated rings. The van der Waals surface area contributed by atoms with Crippen LogP contribution in [0.25, 0.3) is 10.9 Å². The molecule has 1 aliphatic rings. The minimum atomic E-state index is -1.59. The van der Waals surface area contributed by atoms with Crippen LogP contribution in [0.1, 0.15) is 46.1 Å². The van der Waals surface area contributed by atoms with Gasteiger partial charge >= 0.3 is 5.97 Å². The number of carboxylic acids is 1. The number of carboxylic acid groups (broad SMARTS) is 1. The number of aliphatic carboxylic acids is 1. The van der Waals surface area contributed by atoms with Gasteiger partial charge in [-0.25, -0.2) is 0 Å². The van der Waals surface area contributed by atoms with Crippen LogP contribution in [0.2, 0.25) is 0 Å². The minimum Gasteiger partial charge on any atom is -0.481 e. The highest BCUT2D eigenvalue weighted by Gasteiger charge is 2.35. The summed E-state index contributed by atoms with van der Waals surface area (Å²) in [4.78, 5) is 80.8. The molecule has 0 unspecified atom stereocenters. The number of fused-ring (bicyclic) bond motifs is 1. The van der Waals surface area contributed by atoms with Crippen LogP contribution in [0.5, 0.6) is 0 Å². The lowest BCUT2D eigenvalue weighted by atomic mass is 10.00. The third-order valence-electron chi connectivity index (χ3n) is 6.90. The molecule has 8 N–H and O–H groups in total. The number of aromatic amines is 1. The number of aliphatic hydroxyl groups is 1. The largest absolute Gasteiger partial charge is 0.481 e. The van der Waals surface area contributed by atoms with Crippen LogP contribution in [0, 0.1) is 5.92 Å². The van der Waals surface area contributed by atoms with Gasteiger partial charge in [0.15, 0.2) is 0 Å². The molecule has 2 heterocycles. The number of hydrogen-bond donors (Lipinski definition) is 8. The van der Waals surface area contributed by atoms with Gasteiger partial charge in [0.1, 0.15) is 30.2 Å². The highest BCUT2D eigenvalue weighted by atomic mass is 16.4. The number of rotatable bonds is 7. The van der Waals surface area contributed by atoms with Crippen LogP contribution >= 0.6 is 0 Å². The number of carbonyl (C=O) groups excluding carboxylic acids is 5. The molecule has 14 heteroatoms. The van der Waals surface area contributed by atoms with Crippen LogP contribution in [0.4, 0.5) is 0 Å². The van der Waals surface area contributed by atoms with E-state index in [0.29, 0.717) is 5.56 Å². The Balaban J connectivity index is 2.05. The molecule has 5 amide bonds. The molecular formula is C28H38N6O8. The van der Waals surface area contributed by atoms with Crippen molar-refractivity contribution in [2.24, 2.45) is 5.92 Å². The van der Waals surface area contributed by atoms with Gasteiger partial charge in [-0.2, -0.15) is 0 Å². The SMILES string of the molecule is CC(C)C[C@@H]1NC(=O)[C@@H]([C@H](C)O)NC(=O)[C@H](C)NC(=O)[C@@H](CC(=O)O)NC(=O)[C@@H](Cc2c[nH]c3ccccc23)NC1=O. The zero-order valence-corrected chi connectivity index (χ0v) is 23.9. The second-order valence-electron chi connectivity index (χ2n) is 10.9. The second kappa shape index (κ2) is 13.9. The van der Waals surface area contributed by atoms with E-state index in [4.69, 9.17) is 0 Å². The second-order valence-corrected chi connectivity index (χ2v) is 10.9. The number of aliphatic hydroxyl groups excluding tert-OH is 1. The third kappa shape index (κ3) is 8.28. The summed E-state index contributed by atoms with van der Waals surface area (Å²) in [7, 11) is 0. The van der Waals surface area contributed by atoms with Gasteiger partial charge in [0.2, 0.25) is 29.5 Å². The number of aromatic nitrogens is 1. The first-order valence-corrected chi connectivity index (χ1v) is 13.7. The molecule has 14 nitrogen and oxygen atoms in total. The molecule has 0 aliphatic carbocycles. The molecule has 3 rings (SSSR count). The van der Waals surface area contributed by atoms with E-state index < -0.39 is 78.2 Å². The fraction of sp³-hybridized carbons (Fsp3) is 0.500. The van der Waals surface area contributed by atoms with E-state index in [-0.39, 0.29) is 18.8 Å². The quantitative estimate of drug-likeness (QED) is 0.202. The van der Waals surface area contributed by atoms with Gasteiger partial charge < -0.3 is 41.8 Å². The van der Waals surface area contributed by atoms with Crippen molar-refractivity contribution in [1.29, 1.82) is 0 Å². The number of carbonyl (C=O) groups is 6. The van der Waals surface area contributed by atoms with E-state index in [1.807, 2.05) is 38.1 Å². The van der Waals surface area contributed by atoms with Gasteiger partial charge in [-0.05, 0) is 37.8 Å². The van der Waals surface area contributed by atoms with Crippen molar-refractivity contribution in [3.05, 3.63) is 36.0 Å². The highest BCUT2D eigenvalue weighted by Crippen LogP contribution is 2.19.